The lowest BCUT2D eigenvalue weighted by Gasteiger charge is -2.15. The number of hydrogen-bond donors (Lipinski definition) is 5. The van der Waals surface area contributed by atoms with Gasteiger partial charge in [-0.25, -0.2) is 0 Å². The number of hydrogen-bond acceptors (Lipinski definition) is 3. The molecule has 0 amide bonds. The minimum Gasteiger partial charge on any atom is -0.350 e. The molecule has 2 aromatic rings. The average molecular weight is 361 g/mol. The van der Waals surface area contributed by atoms with Gasteiger partial charge in [0.1, 0.15) is 0 Å². The van der Waals surface area contributed by atoms with E-state index in [1.165, 1.54) is 24.3 Å². The van der Waals surface area contributed by atoms with Crippen LogP contribution in [0.5, 0.6) is 0 Å². The van der Waals surface area contributed by atoms with Crippen LogP contribution in [0.25, 0.3) is 10.8 Å². The maximum absolute atomic E-state index is 11.6. The van der Waals surface area contributed by atoms with Gasteiger partial charge in [-0.1, -0.05) is 18.3 Å². The standard InChI is InChI=1S/C12H13NO6P2S/c1-7(22)13-11-4-5-12(21(17,18)19)10-6-8(20(14,15)16)2-3-9(10)11/h2-6H,1H3,(H,13,22)(H2,14,15,16)(H2,17,18,19). The number of rotatable bonds is 3. The van der Waals surface area contributed by atoms with E-state index in [1.54, 1.807) is 6.92 Å². The summed E-state index contributed by atoms with van der Waals surface area (Å²) in [5, 5.41) is 2.72. The minimum atomic E-state index is -4.60. The number of nitrogens with one attached hydrogen (secondary N) is 1. The second-order valence-corrected chi connectivity index (χ2v) is 8.42. The number of anilines is 1. The topological polar surface area (TPSA) is 127 Å². The zero-order valence-corrected chi connectivity index (χ0v) is 13.9. The molecule has 0 fully saturated rings. The van der Waals surface area contributed by atoms with Crippen molar-refractivity contribution in [1.29, 1.82) is 0 Å². The minimum absolute atomic E-state index is 0.0652. The first-order chi connectivity index (χ1) is 10.00. The SMILES string of the molecule is CC(=S)Nc1ccc(P(=O)(O)O)c2cc(P(=O)(O)O)ccc12. The summed E-state index contributed by atoms with van der Waals surface area (Å²) in [6.07, 6.45) is 0. The summed E-state index contributed by atoms with van der Waals surface area (Å²) in [4.78, 5) is 37.8. The van der Waals surface area contributed by atoms with Gasteiger partial charge in [0.2, 0.25) is 0 Å². The van der Waals surface area contributed by atoms with Gasteiger partial charge in [0.25, 0.3) is 0 Å². The highest BCUT2D eigenvalue weighted by Gasteiger charge is 2.24. The van der Waals surface area contributed by atoms with Crippen LogP contribution >= 0.6 is 27.4 Å². The molecule has 0 aliphatic carbocycles. The maximum Gasteiger partial charge on any atom is 0.356 e. The molecule has 22 heavy (non-hydrogen) atoms. The third kappa shape index (κ3) is 3.62. The molecule has 0 bridgehead atoms. The lowest BCUT2D eigenvalue weighted by atomic mass is 10.1. The molecule has 0 saturated carbocycles. The molecule has 2 aromatic carbocycles. The third-order valence-electron chi connectivity index (χ3n) is 2.94. The first-order valence-corrected chi connectivity index (χ1v) is 9.60. The van der Waals surface area contributed by atoms with Crippen molar-refractivity contribution in [3.8, 4) is 0 Å². The molecule has 0 aliphatic rings. The van der Waals surface area contributed by atoms with Crippen LogP contribution in [0.2, 0.25) is 0 Å². The fourth-order valence-electron chi connectivity index (χ4n) is 2.05. The zero-order valence-electron chi connectivity index (χ0n) is 11.3. The van der Waals surface area contributed by atoms with E-state index in [4.69, 9.17) is 12.2 Å². The molecule has 10 heteroatoms. The van der Waals surface area contributed by atoms with Gasteiger partial charge < -0.3 is 24.9 Å². The highest BCUT2D eigenvalue weighted by atomic mass is 32.1. The van der Waals surface area contributed by atoms with Crippen LogP contribution in [0, 0.1) is 0 Å². The largest absolute Gasteiger partial charge is 0.356 e. The Labute approximate surface area is 131 Å². The van der Waals surface area contributed by atoms with Crippen molar-refractivity contribution in [2.45, 2.75) is 6.92 Å². The quantitative estimate of drug-likeness (QED) is 0.408. The molecule has 0 saturated heterocycles. The van der Waals surface area contributed by atoms with Crippen molar-refractivity contribution in [1.82, 2.24) is 0 Å². The van der Waals surface area contributed by atoms with Gasteiger partial charge in [0, 0.05) is 16.5 Å². The normalized spacial score (nSPS) is 12.4. The summed E-state index contributed by atoms with van der Waals surface area (Å²) in [5.74, 6) is 0. The van der Waals surface area contributed by atoms with Gasteiger partial charge >= 0.3 is 15.2 Å². The number of fused-ring (bicyclic) bond motifs is 1. The van der Waals surface area contributed by atoms with Crippen molar-refractivity contribution < 1.29 is 28.7 Å². The third-order valence-corrected chi connectivity index (χ3v) is 5.01. The molecule has 0 heterocycles. The fourth-order valence-corrected chi connectivity index (χ4v) is 3.50. The number of thiocarbonyl (C=S) groups is 1. The van der Waals surface area contributed by atoms with Crippen molar-refractivity contribution >= 4 is 59.5 Å². The van der Waals surface area contributed by atoms with E-state index >= 15 is 0 Å². The Kier molecular flexibility index (Phi) is 4.57. The van der Waals surface area contributed by atoms with E-state index in [2.05, 4.69) is 5.32 Å². The van der Waals surface area contributed by atoms with Gasteiger partial charge in [-0.05, 0) is 31.2 Å². The zero-order chi connectivity index (χ0) is 16.7. The van der Waals surface area contributed by atoms with Crippen molar-refractivity contribution in [2.75, 3.05) is 5.32 Å². The van der Waals surface area contributed by atoms with Crippen LogP contribution < -0.4 is 15.9 Å². The average Bonchev–Trinajstić information content (AvgIpc) is 2.35. The summed E-state index contributed by atoms with van der Waals surface area (Å²) in [6.45, 7) is 1.64. The van der Waals surface area contributed by atoms with E-state index in [0.717, 1.165) is 6.07 Å². The Morgan fingerprint density at radius 1 is 1.00 bits per heavy atom. The first-order valence-electron chi connectivity index (χ1n) is 5.97. The summed E-state index contributed by atoms with van der Waals surface area (Å²) in [7, 11) is -9.14. The van der Waals surface area contributed by atoms with Gasteiger partial charge in [0.15, 0.2) is 0 Å². The Morgan fingerprint density at radius 3 is 2.14 bits per heavy atom. The Hall–Kier alpha value is -1.11. The molecule has 0 aromatic heterocycles. The van der Waals surface area contributed by atoms with Crippen LogP contribution in [0.3, 0.4) is 0 Å². The van der Waals surface area contributed by atoms with Crippen molar-refractivity contribution in [3.05, 3.63) is 30.3 Å². The predicted octanol–water partition coefficient (Wildman–Crippen LogP) is 1.20. The van der Waals surface area contributed by atoms with Crippen molar-refractivity contribution in [3.63, 3.8) is 0 Å². The molecule has 2 rings (SSSR count). The van der Waals surface area contributed by atoms with Gasteiger partial charge in [-0.3, -0.25) is 9.13 Å². The van der Waals surface area contributed by atoms with E-state index in [0.29, 0.717) is 16.1 Å². The predicted molar refractivity (Wildman–Crippen MR) is 89.2 cm³/mol. The van der Waals surface area contributed by atoms with Crippen LogP contribution in [0.1, 0.15) is 6.92 Å². The highest BCUT2D eigenvalue weighted by molar-refractivity contribution is 7.80. The molecular formula is C12H13NO6P2S. The lowest BCUT2D eigenvalue weighted by molar-refractivity contribution is 0.385. The molecule has 0 unspecified atom stereocenters. The molecule has 0 spiro atoms. The second-order valence-electron chi connectivity index (χ2n) is 4.63. The fraction of sp³-hybridized carbons (Fsp3) is 0.0833. The monoisotopic (exact) mass is 361 g/mol. The van der Waals surface area contributed by atoms with Gasteiger partial charge in [-0.15, -0.1) is 0 Å². The van der Waals surface area contributed by atoms with Crippen LogP contribution in [-0.4, -0.2) is 24.6 Å². The maximum atomic E-state index is 11.6. The smallest absolute Gasteiger partial charge is 0.350 e. The van der Waals surface area contributed by atoms with E-state index < -0.39 is 15.2 Å². The molecular weight excluding hydrogens is 348 g/mol. The molecule has 7 nitrogen and oxygen atoms in total. The van der Waals surface area contributed by atoms with Gasteiger partial charge in [0.05, 0.1) is 15.6 Å². The lowest BCUT2D eigenvalue weighted by Crippen LogP contribution is -2.12. The van der Waals surface area contributed by atoms with Crippen LogP contribution in [0.15, 0.2) is 30.3 Å². The summed E-state index contributed by atoms with van der Waals surface area (Å²) in [5.41, 5.74) is 0.497. The Morgan fingerprint density at radius 2 is 1.64 bits per heavy atom. The van der Waals surface area contributed by atoms with Crippen molar-refractivity contribution in [2.24, 2.45) is 0 Å². The molecule has 0 aliphatic heterocycles. The van der Waals surface area contributed by atoms with Crippen LogP contribution in [-0.2, 0) is 9.13 Å². The highest BCUT2D eigenvalue weighted by Crippen LogP contribution is 2.40. The summed E-state index contributed by atoms with van der Waals surface area (Å²) >= 11 is 4.94. The summed E-state index contributed by atoms with van der Waals surface area (Å²) < 4.78 is 23.0. The summed E-state index contributed by atoms with van der Waals surface area (Å²) in [6, 6.07) is 6.38. The van der Waals surface area contributed by atoms with E-state index in [1.807, 2.05) is 0 Å². The molecule has 0 radical (unpaired) electrons. The second kappa shape index (κ2) is 5.83. The molecule has 118 valence electrons. The van der Waals surface area contributed by atoms with Crippen LogP contribution in [0.4, 0.5) is 5.69 Å². The Bertz CT molecular complexity index is 856. The molecule has 0 atom stereocenters. The Balaban J connectivity index is 2.85. The van der Waals surface area contributed by atoms with Gasteiger partial charge in [-0.2, -0.15) is 0 Å². The van der Waals surface area contributed by atoms with E-state index in [-0.39, 0.29) is 16.0 Å². The first kappa shape index (κ1) is 17.2. The van der Waals surface area contributed by atoms with E-state index in [9.17, 15) is 28.7 Å². The number of benzene rings is 2. The molecule has 5 N–H and O–H groups in total.